The third kappa shape index (κ3) is 10.9. The SMILES string of the molecule is CCCCCCCCCc1cccc(OC(C)COC(=O)C(CC)[N+](C)(C)Cc2ccccc2)c1. The van der Waals surface area contributed by atoms with Gasteiger partial charge in [-0.2, -0.15) is 0 Å². The second-order valence-electron chi connectivity index (χ2n) is 10.4. The minimum atomic E-state index is -0.215. The van der Waals surface area contributed by atoms with Crippen molar-refractivity contribution in [3.8, 4) is 5.75 Å². The van der Waals surface area contributed by atoms with Gasteiger partial charge in [-0.25, -0.2) is 4.79 Å². The van der Waals surface area contributed by atoms with Crippen molar-refractivity contribution in [1.29, 1.82) is 0 Å². The average molecular weight is 483 g/mol. The molecule has 0 fully saturated rings. The number of likely N-dealkylation sites (N-methyl/N-ethyl adjacent to an activating group) is 1. The van der Waals surface area contributed by atoms with Crippen LogP contribution in [0.1, 0.15) is 83.3 Å². The number of benzene rings is 2. The topological polar surface area (TPSA) is 35.5 Å². The molecule has 35 heavy (non-hydrogen) atoms. The first-order valence-corrected chi connectivity index (χ1v) is 13.6. The molecular weight excluding hydrogens is 434 g/mol. The van der Waals surface area contributed by atoms with Crippen LogP contribution in [0.2, 0.25) is 0 Å². The van der Waals surface area contributed by atoms with Gasteiger partial charge in [0.05, 0.1) is 14.1 Å². The van der Waals surface area contributed by atoms with E-state index in [9.17, 15) is 4.79 Å². The Morgan fingerprint density at radius 1 is 0.857 bits per heavy atom. The molecule has 4 heteroatoms. The number of carbonyl (C=O) groups is 1. The lowest BCUT2D eigenvalue weighted by Gasteiger charge is -2.36. The predicted octanol–water partition coefficient (Wildman–Crippen LogP) is 7.35. The lowest BCUT2D eigenvalue weighted by Crippen LogP contribution is -2.52. The molecule has 2 rings (SSSR count). The Bertz CT molecular complexity index is 849. The van der Waals surface area contributed by atoms with E-state index in [2.05, 4.69) is 51.4 Å². The minimum absolute atomic E-state index is 0.156. The predicted molar refractivity (Wildman–Crippen MR) is 146 cm³/mol. The molecule has 2 unspecified atom stereocenters. The number of quaternary nitrogens is 1. The van der Waals surface area contributed by atoms with Crippen LogP contribution in [0, 0.1) is 0 Å². The highest BCUT2D eigenvalue weighted by Gasteiger charge is 2.35. The molecule has 0 saturated carbocycles. The number of rotatable bonds is 17. The minimum Gasteiger partial charge on any atom is -0.487 e. The van der Waals surface area contributed by atoms with Crippen LogP contribution < -0.4 is 4.74 Å². The van der Waals surface area contributed by atoms with E-state index in [1.807, 2.05) is 38.1 Å². The van der Waals surface area contributed by atoms with Crippen LogP contribution in [-0.2, 0) is 22.5 Å². The van der Waals surface area contributed by atoms with Crippen LogP contribution in [0.15, 0.2) is 54.6 Å². The monoisotopic (exact) mass is 482 g/mol. The molecule has 0 radical (unpaired) electrons. The number of unbranched alkanes of at least 4 members (excludes halogenated alkanes) is 6. The first kappa shape index (κ1) is 28.9. The molecule has 0 aromatic heterocycles. The Labute approximate surface area is 214 Å². The van der Waals surface area contributed by atoms with Gasteiger partial charge < -0.3 is 14.0 Å². The smallest absolute Gasteiger partial charge is 0.365 e. The summed E-state index contributed by atoms with van der Waals surface area (Å²) in [6, 6.07) is 18.4. The van der Waals surface area contributed by atoms with Crippen LogP contribution in [0.25, 0.3) is 0 Å². The summed E-state index contributed by atoms with van der Waals surface area (Å²) in [5.41, 5.74) is 2.53. The lowest BCUT2D eigenvalue weighted by molar-refractivity contribution is -0.919. The molecule has 194 valence electrons. The first-order chi connectivity index (χ1) is 16.9. The number of carbonyl (C=O) groups excluding carboxylic acids is 1. The van der Waals surface area contributed by atoms with E-state index in [4.69, 9.17) is 9.47 Å². The molecule has 2 aromatic rings. The van der Waals surface area contributed by atoms with Crippen molar-refractivity contribution in [3.63, 3.8) is 0 Å². The fourth-order valence-electron chi connectivity index (χ4n) is 4.73. The zero-order chi connectivity index (χ0) is 25.5. The molecule has 0 N–H and O–H groups in total. The maximum Gasteiger partial charge on any atom is 0.365 e. The molecule has 0 aliphatic carbocycles. The van der Waals surface area contributed by atoms with Crippen LogP contribution in [0.5, 0.6) is 5.75 Å². The Hall–Kier alpha value is -2.33. The summed E-state index contributed by atoms with van der Waals surface area (Å²) in [5, 5.41) is 0. The van der Waals surface area contributed by atoms with Gasteiger partial charge in [0.15, 0.2) is 6.04 Å². The van der Waals surface area contributed by atoms with E-state index >= 15 is 0 Å². The zero-order valence-corrected chi connectivity index (χ0v) is 22.8. The van der Waals surface area contributed by atoms with E-state index in [0.29, 0.717) is 4.48 Å². The van der Waals surface area contributed by atoms with Gasteiger partial charge in [-0.15, -0.1) is 0 Å². The lowest BCUT2D eigenvalue weighted by atomic mass is 10.0. The summed E-state index contributed by atoms with van der Waals surface area (Å²) in [6.45, 7) is 7.30. The zero-order valence-electron chi connectivity index (χ0n) is 22.8. The summed E-state index contributed by atoms with van der Waals surface area (Å²) >= 11 is 0. The summed E-state index contributed by atoms with van der Waals surface area (Å²) in [5.74, 6) is 0.692. The summed E-state index contributed by atoms with van der Waals surface area (Å²) in [4.78, 5) is 13.0. The van der Waals surface area contributed by atoms with E-state index in [1.54, 1.807) is 0 Å². The maximum absolute atomic E-state index is 13.0. The van der Waals surface area contributed by atoms with Gasteiger partial charge in [0.2, 0.25) is 0 Å². The van der Waals surface area contributed by atoms with Gasteiger partial charge in [0, 0.05) is 12.0 Å². The third-order valence-corrected chi connectivity index (χ3v) is 6.70. The molecule has 4 nitrogen and oxygen atoms in total. The third-order valence-electron chi connectivity index (χ3n) is 6.70. The Balaban J connectivity index is 1.78. The van der Waals surface area contributed by atoms with E-state index < -0.39 is 0 Å². The Morgan fingerprint density at radius 3 is 2.20 bits per heavy atom. The van der Waals surface area contributed by atoms with Crippen molar-refractivity contribution >= 4 is 5.97 Å². The highest BCUT2D eigenvalue weighted by atomic mass is 16.6. The van der Waals surface area contributed by atoms with Gasteiger partial charge in [0.1, 0.15) is 25.0 Å². The summed E-state index contributed by atoms with van der Waals surface area (Å²) in [6.07, 6.45) is 10.8. The summed E-state index contributed by atoms with van der Waals surface area (Å²) in [7, 11) is 4.19. The van der Waals surface area contributed by atoms with Gasteiger partial charge in [-0.3, -0.25) is 0 Å². The Kier molecular flexibility index (Phi) is 12.9. The number of nitrogens with zero attached hydrogens (tertiary/aromatic N) is 1. The first-order valence-electron chi connectivity index (χ1n) is 13.6. The fourth-order valence-corrected chi connectivity index (χ4v) is 4.73. The highest BCUT2D eigenvalue weighted by molar-refractivity contribution is 5.74. The van der Waals surface area contributed by atoms with E-state index in [1.165, 1.54) is 56.1 Å². The molecule has 0 amide bonds. The largest absolute Gasteiger partial charge is 0.487 e. The second-order valence-corrected chi connectivity index (χ2v) is 10.4. The second kappa shape index (κ2) is 15.6. The van der Waals surface area contributed by atoms with Crippen LogP contribution in [0.4, 0.5) is 0 Å². The fraction of sp³-hybridized carbons (Fsp3) is 0.581. The normalized spacial score (nSPS) is 13.3. The molecule has 0 aliphatic heterocycles. The average Bonchev–Trinajstić information content (AvgIpc) is 2.83. The van der Waals surface area contributed by atoms with E-state index in [0.717, 1.165) is 25.1 Å². The summed E-state index contributed by atoms with van der Waals surface area (Å²) < 4.78 is 12.4. The van der Waals surface area contributed by atoms with Crippen molar-refractivity contribution in [2.45, 2.75) is 97.2 Å². The highest BCUT2D eigenvalue weighted by Crippen LogP contribution is 2.20. The van der Waals surface area contributed by atoms with Crippen LogP contribution in [0.3, 0.4) is 0 Å². The number of ether oxygens (including phenoxy) is 2. The number of esters is 1. The van der Waals surface area contributed by atoms with Gasteiger partial charge in [-0.1, -0.05) is 94.8 Å². The number of hydrogen-bond donors (Lipinski definition) is 0. The molecule has 0 heterocycles. The Morgan fingerprint density at radius 2 is 1.51 bits per heavy atom. The van der Waals surface area contributed by atoms with Crippen LogP contribution in [-0.4, -0.2) is 43.3 Å². The van der Waals surface area contributed by atoms with Crippen molar-refractivity contribution in [1.82, 2.24) is 0 Å². The van der Waals surface area contributed by atoms with Crippen molar-refractivity contribution in [2.75, 3.05) is 20.7 Å². The molecule has 2 atom stereocenters. The molecule has 0 bridgehead atoms. The van der Waals surface area contributed by atoms with Crippen molar-refractivity contribution in [2.24, 2.45) is 0 Å². The number of hydrogen-bond acceptors (Lipinski definition) is 3. The van der Waals surface area contributed by atoms with Gasteiger partial charge in [-0.05, 0) is 37.5 Å². The van der Waals surface area contributed by atoms with E-state index in [-0.39, 0.29) is 24.7 Å². The maximum atomic E-state index is 13.0. The molecule has 0 spiro atoms. The number of aryl methyl sites for hydroxylation is 1. The van der Waals surface area contributed by atoms with Crippen molar-refractivity contribution in [3.05, 3.63) is 65.7 Å². The molecular formula is C31H48NO3+. The van der Waals surface area contributed by atoms with Gasteiger partial charge in [0.25, 0.3) is 0 Å². The standard InChI is InChI=1S/C31H48NO3/c1-6-8-9-10-11-12-14-18-27-21-17-22-29(23-27)35-26(3)25-34-31(33)30(7-2)32(4,5)24-28-19-15-13-16-20-28/h13,15-17,19-23,26,30H,6-12,14,18,24-25H2,1-5H3/q+1. The van der Waals surface area contributed by atoms with Gasteiger partial charge >= 0.3 is 5.97 Å². The molecule has 0 aliphatic rings. The molecule has 0 saturated heterocycles. The van der Waals surface area contributed by atoms with Crippen molar-refractivity contribution < 1.29 is 18.8 Å². The molecule has 2 aromatic carbocycles. The van der Waals surface area contributed by atoms with Crippen LogP contribution >= 0.6 is 0 Å². The quantitative estimate of drug-likeness (QED) is 0.134.